The number of ether oxygens (including phenoxy) is 1. The summed E-state index contributed by atoms with van der Waals surface area (Å²) in [6.07, 6.45) is 2.62. The number of unbranched alkanes of at least 4 members (excludes halogenated alkanes) is 1. The van der Waals surface area contributed by atoms with Crippen LogP contribution in [0.5, 0.6) is 5.75 Å². The van der Waals surface area contributed by atoms with E-state index < -0.39 is 20.0 Å². The fourth-order valence-electron chi connectivity index (χ4n) is 3.62. The molecule has 0 aliphatic rings. The maximum absolute atomic E-state index is 12.3. The molecule has 0 fully saturated rings. The van der Waals surface area contributed by atoms with Gasteiger partial charge in [0, 0.05) is 13.1 Å². The molecule has 0 bridgehead atoms. The SMILES string of the molecule is Cc1ccc(OCCCNS(=O)(=O)CCCCn2c(NS(C)(=O)=O)nc3ccccc32)c(C)c1. The van der Waals surface area contributed by atoms with Crippen molar-refractivity contribution in [2.45, 2.75) is 39.7 Å². The lowest BCUT2D eigenvalue weighted by Crippen LogP contribution is -2.28. The Morgan fingerprint density at radius 2 is 1.76 bits per heavy atom. The number of hydrogen-bond donors (Lipinski definition) is 2. The van der Waals surface area contributed by atoms with E-state index in [-0.39, 0.29) is 11.7 Å². The van der Waals surface area contributed by atoms with Gasteiger partial charge in [-0.3, -0.25) is 4.72 Å². The molecule has 0 atom stereocenters. The summed E-state index contributed by atoms with van der Waals surface area (Å²) in [5.74, 6) is 1.03. The highest BCUT2D eigenvalue weighted by molar-refractivity contribution is 7.92. The van der Waals surface area contributed by atoms with Gasteiger partial charge in [-0.1, -0.05) is 29.8 Å². The summed E-state index contributed by atoms with van der Waals surface area (Å²) >= 11 is 0. The van der Waals surface area contributed by atoms with Crippen molar-refractivity contribution >= 4 is 37.0 Å². The summed E-state index contributed by atoms with van der Waals surface area (Å²) in [7, 11) is -6.89. The van der Waals surface area contributed by atoms with Gasteiger partial charge >= 0.3 is 0 Å². The van der Waals surface area contributed by atoms with E-state index in [2.05, 4.69) is 14.4 Å². The Morgan fingerprint density at radius 1 is 1.00 bits per heavy atom. The van der Waals surface area contributed by atoms with Crippen molar-refractivity contribution in [1.82, 2.24) is 14.3 Å². The Labute approximate surface area is 201 Å². The van der Waals surface area contributed by atoms with Gasteiger partial charge in [0.05, 0.1) is 29.6 Å². The van der Waals surface area contributed by atoms with E-state index in [0.29, 0.717) is 44.5 Å². The number of aromatic nitrogens is 2. The summed E-state index contributed by atoms with van der Waals surface area (Å²) in [5, 5.41) is 0. The maximum atomic E-state index is 12.3. The Kier molecular flexibility index (Phi) is 8.56. The minimum Gasteiger partial charge on any atom is -0.493 e. The largest absolute Gasteiger partial charge is 0.493 e. The maximum Gasteiger partial charge on any atom is 0.232 e. The van der Waals surface area contributed by atoms with Crippen molar-refractivity contribution in [2.24, 2.45) is 0 Å². The number of nitrogens with zero attached hydrogens (tertiary/aromatic N) is 2. The normalized spacial score (nSPS) is 12.2. The summed E-state index contributed by atoms with van der Waals surface area (Å²) < 4.78 is 60.6. The zero-order valence-corrected chi connectivity index (χ0v) is 21.4. The lowest BCUT2D eigenvalue weighted by Gasteiger charge is -2.11. The van der Waals surface area contributed by atoms with Gasteiger partial charge in [0.15, 0.2) is 0 Å². The third-order valence-electron chi connectivity index (χ3n) is 5.21. The van der Waals surface area contributed by atoms with Crippen LogP contribution in [0.25, 0.3) is 11.0 Å². The second-order valence-corrected chi connectivity index (χ2v) is 12.0. The van der Waals surface area contributed by atoms with Gasteiger partial charge in [-0.05, 0) is 56.9 Å². The lowest BCUT2D eigenvalue weighted by atomic mass is 10.1. The van der Waals surface area contributed by atoms with Crippen LogP contribution >= 0.6 is 0 Å². The van der Waals surface area contributed by atoms with Gasteiger partial charge in [0.25, 0.3) is 0 Å². The second kappa shape index (κ2) is 11.2. The molecule has 11 heteroatoms. The molecule has 2 N–H and O–H groups in total. The predicted octanol–water partition coefficient (Wildman–Crippen LogP) is 3.19. The number of anilines is 1. The minimum absolute atomic E-state index is 0.00754. The monoisotopic (exact) mass is 508 g/mol. The molecule has 186 valence electrons. The molecule has 0 saturated heterocycles. The van der Waals surface area contributed by atoms with Crippen LogP contribution < -0.4 is 14.2 Å². The van der Waals surface area contributed by atoms with E-state index in [4.69, 9.17) is 4.74 Å². The number of benzene rings is 2. The fourth-order valence-corrected chi connectivity index (χ4v) is 5.29. The standard InChI is InChI=1S/C23H32N4O5S2/c1-18-11-12-22(19(2)17-18)32-15-8-13-24-34(30,31)16-7-6-14-27-21-10-5-4-9-20(21)25-23(27)26-33(3,28)29/h4-5,9-12,17,24H,6-8,13-16H2,1-3H3,(H,25,26). The Bertz CT molecular complexity index is 1330. The average molecular weight is 509 g/mol. The molecule has 0 saturated carbocycles. The molecule has 3 rings (SSSR count). The number of nitrogens with one attached hydrogen (secondary N) is 2. The molecule has 0 aliphatic heterocycles. The minimum atomic E-state index is -3.49. The number of rotatable bonds is 13. The van der Waals surface area contributed by atoms with Crippen molar-refractivity contribution in [3.63, 3.8) is 0 Å². The van der Waals surface area contributed by atoms with Crippen LogP contribution in [-0.2, 0) is 26.6 Å². The molecule has 0 spiro atoms. The number of para-hydroxylation sites is 2. The highest BCUT2D eigenvalue weighted by Crippen LogP contribution is 2.21. The molecule has 1 aromatic heterocycles. The van der Waals surface area contributed by atoms with Crippen molar-refractivity contribution in [1.29, 1.82) is 0 Å². The van der Waals surface area contributed by atoms with Gasteiger partial charge in [-0.15, -0.1) is 0 Å². The molecule has 3 aromatic rings. The van der Waals surface area contributed by atoms with E-state index >= 15 is 0 Å². The first-order valence-electron chi connectivity index (χ1n) is 11.1. The second-order valence-electron chi connectivity index (χ2n) is 8.34. The van der Waals surface area contributed by atoms with Crippen LogP contribution in [0, 0.1) is 13.8 Å². The smallest absolute Gasteiger partial charge is 0.232 e. The Morgan fingerprint density at radius 3 is 2.50 bits per heavy atom. The molecule has 1 heterocycles. The third-order valence-corrected chi connectivity index (χ3v) is 7.23. The molecule has 9 nitrogen and oxygen atoms in total. The van der Waals surface area contributed by atoms with Crippen LogP contribution in [-0.4, -0.2) is 51.5 Å². The van der Waals surface area contributed by atoms with Crippen LogP contribution in [0.3, 0.4) is 0 Å². The fraction of sp³-hybridized carbons (Fsp3) is 0.435. The summed E-state index contributed by atoms with van der Waals surface area (Å²) in [4.78, 5) is 4.35. The van der Waals surface area contributed by atoms with Crippen molar-refractivity contribution in [2.75, 3.05) is 29.9 Å². The molecule has 0 amide bonds. The van der Waals surface area contributed by atoms with E-state index in [1.807, 2.05) is 50.2 Å². The quantitative estimate of drug-likeness (QED) is 0.342. The Balaban J connectivity index is 1.44. The van der Waals surface area contributed by atoms with Crippen molar-refractivity contribution in [3.8, 4) is 5.75 Å². The zero-order valence-electron chi connectivity index (χ0n) is 19.7. The first-order valence-corrected chi connectivity index (χ1v) is 14.7. The topological polar surface area (TPSA) is 119 Å². The van der Waals surface area contributed by atoms with Crippen LogP contribution in [0.4, 0.5) is 5.95 Å². The Hall–Kier alpha value is -2.63. The van der Waals surface area contributed by atoms with Gasteiger partial charge in [0.1, 0.15) is 5.75 Å². The first kappa shape index (κ1) is 26.0. The zero-order chi connectivity index (χ0) is 24.8. The molecule has 0 unspecified atom stereocenters. The number of hydrogen-bond acceptors (Lipinski definition) is 6. The van der Waals surface area contributed by atoms with Gasteiger partial charge in [-0.2, -0.15) is 0 Å². The van der Waals surface area contributed by atoms with Crippen LogP contribution in [0.2, 0.25) is 0 Å². The van der Waals surface area contributed by atoms with Crippen LogP contribution in [0.15, 0.2) is 42.5 Å². The number of aryl methyl sites for hydroxylation is 3. The molecule has 0 aliphatic carbocycles. The van der Waals surface area contributed by atoms with E-state index in [0.717, 1.165) is 23.1 Å². The molecule has 0 radical (unpaired) electrons. The average Bonchev–Trinajstić information content (AvgIpc) is 3.07. The van der Waals surface area contributed by atoms with Crippen LogP contribution in [0.1, 0.15) is 30.4 Å². The summed E-state index contributed by atoms with van der Waals surface area (Å²) in [6, 6.07) is 13.3. The van der Waals surface area contributed by atoms with Gasteiger partial charge in [0.2, 0.25) is 26.0 Å². The molecular weight excluding hydrogens is 476 g/mol. The number of sulfonamides is 2. The molecule has 34 heavy (non-hydrogen) atoms. The van der Waals surface area contributed by atoms with E-state index in [9.17, 15) is 16.8 Å². The molecular formula is C23H32N4O5S2. The summed E-state index contributed by atoms with van der Waals surface area (Å²) in [6.45, 7) is 5.18. The number of fused-ring (bicyclic) bond motifs is 1. The van der Waals surface area contributed by atoms with E-state index in [1.165, 1.54) is 5.56 Å². The van der Waals surface area contributed by atoms with E-state index in [1.54, 1.807) is 10.6 Å². The number of imidazole rings is 1. The van der Waals surface area contributed by atoms with Crippen molar-refractivity contribution < 1.29 is 21.6 Å². The highest BCUT2D eigenvalue weighted by Gasteiger charge is 2.15. The third kappa shape index (κ3) is 7.71. The van der Waals surface area contributed by atoms with Crippen molar-refractivity contribution in [3.05, 3.63) is 53.6 Å². The van der Waals surface area contributed by atoms with Gasteiger partial charge in [-0.25, -0.2) is 26.5 Å². The first-order chi connectivity index (χ1) is 16.0. The summed E-state index contributed by atoms with van der Waals surface area (Å²) in [5.41, 5.74) is 3.69. The highest BCUT2D eigenvalue weighted by atomic mass is 32.2. The van der Waals surface area contributed by atoms with Gasteiger partial charge < -0.3 is 9.30 Å². The lowest BCUT2D eigenvalue weighted by molar-refractivity contribution is 0.309. The predicted molar refractivity (Wildman–Crippen MR) is 135 cm³/mol. The molecule has 2 aromatic carbocycles.